The molecule has 0 amide bonds. The number of nitrogen functional groups attached to an aromatic ring is 1. The fraction of sp³-hybridized carbons (Fsp3) is 0.316. The van der Waals surface area contributed by atoms with Crippen LogP contribution in [0.15, 0.2) is 48.5 Å². The first-order valence-corrected chi connectivity index (χ1v) is 12.0. The molecular formula is C19H25N3OSi. The second-order valence-corrected chi connectivity index (χ2v) is 12.9. The number of aromatic nitrogens is 2. The van der Waals surface area contributed by atoms with Crippen LogP contribution in [0.4, 0.5) is 5.82 Å². The number of fused-ring (bicyclic) bond motifs is 1. The van der Waals surface area contributed by atoms with Crippen LogP contribution in [-0.4, -0.2) is 24.5 Å². The number of hydrogen-bond donors (Lipinski definition) is 1. The maximum Gasteiger partial charge on any atom is 0.154 e. The first-order chi connectivity index (χ1) is 11.5. The molecule has 5 heteroatoms. The van der Waals surface area contributed by atoms with Crippen molar-refractivity contribution in [1.82, 2.24) is 9.78 Å². The van der Waals surface area contributed by atoms with Gasteiger partial charge in [0, 0.05) is 14.7 Å². The topological polar surface area (TPSA) is 53.1 Å². The van der Waals surface area contributed by atoms with Gasteiger partial charge in [-0.1, -0.05) is 62.1 Å². The molecule has 3 aromatic rings. The van der Waals surface area contributed by atoms with Gasteiger partial charge in [-0.25, -0.2) is 4.68 Å². The van der Waals surface area contributed by atoms with Gasteiger partial charge in [0.25, 0.3) is 0 Å². The highest BCUT2D eigenvalue weighted by Crippen LogP contribution is 2.32. The summed E-state index contributed by atoms with van der Waals surface area (Å²) in [4.78, 5) is 0. The zero-order valence-corrected chi connectivity index (χ0v) is 15.6. The molecule has 0 aliphatic heterocycles. The van der Waals surface area contributed by atoms with Crippen LogP contribution in [0.3, 0.4) is 0 Å². The summed E-state index contributed by atoms with van der Waals surface area (Å²) in [5.41, 5.74) is 9.48. The minimum Gasteiger partial charge on any atom is -0.382 e. The highest BCUT2D eigenvalue weighted by Gasteiger charge is 2.15. The molecule has 4 nitrogen and oxygen atoms in total. The van der Waals surface area contributed by atoms with E-state index in [1.165, 1.54) is 0 Å². The molecule has 0 saturated heterocycles. The van der Waals surface area contributed by atoms with Crippen LogP contribution in [0, 0.1) is 0 Å². The van der Waals surface area contributed by atoms with Crippen molar-refractivity contribution in [2.45, 2.75) is 32.4 Å². The summed E-state index contributed by atoms with van der Waals surface area (Å²) in [5.74, 6) is 0.554. The van der Waals surface area contributed by atoms with E-state index in [9.17, 15) is 0 Å². The van der Waals surface area contributed by atoms with Crippen molar-refractivity contribution in [1.29, 1.82) is 0 Å². The molecule has 0 aliphatic rings. The molecule has 0 spiro atoms. The van der Waals surface area contributed by atoms with Gasteiger partial charge in [0.15, 0.2) is 5.82 Å². The third kappa shape index (κ3) is 3.68. The molecule has 3 rings (SSSR count). The average Bonchev–Trinajstić information content (AvgIpc) is 2.88. The monoisotopic (exact) mass is 339 g/mol. The SMILES string of the molecule is C[Si](C)(C)CCOCn1nc(N)c2c(-c3ccccc3)cccc21. The molecule has 2 aromatic carbocycles. The molecule has 2 N–H and O–H groups in total. The minimum absolute atomic E-state index is 0.441. The van der Waals surface area contributed by atoms with E-state index in [1.807, 2.05) is 35.0 Å². The van der Waals surface area contributed by atoms with E-state index in [2.05, 4.69) is 42.9 Å². The lowest BCUT2D eigenvalue weighted by Gasteiger charge is -2.15. The number of hydrogen-bond acceptors (Lipinski definition) is 3. The third-order valence-electron chi connectivity index (χ3n) is 4.10. The summed E-state index contributed by atoms with van der Waals surface area (Å²) in [6.45, 7) is 8.27. The number of nitrogens with zero attached hydrogens (tertiary/aromatic N) is 2. The molecule has 1 aromatic heterocycles. The lowest BCUT2D eigenvalue weighted by Crippen LogP contribution is -2.22. The van der Waals surface area contributed by atoms with Gasteiger partial charge in [-0.3, -0.25) is 0 Å². The minimum atomic E-state index is -1.08. The van der Waals surface area contributed by atoms with Crippen molar-refractivity contribution in [3.05, 3.63) is 48.5 Å². The van der Waals surface area contributed by atoms with Gasteiger partial charge in [0.05, 0.1) is 10.9 Å². The smallest absolute Gasteiger partial charge is 0.154 e. The summed E-state index contributed by atoms with van der Waals surface area (Å²) in [6, 6.07) is 17.6. The number of rotatable bonds is 6. The molecule has 0 bridgehead atoms. The van der Waals surface area contributed by atoms with Crippen molar-refractivity contribution in [2.24, 2.45) is 0 Å². The van der Waals surface area contributed by atoms with Crippen molar-refractivity contribution >= 4 is 24.8 Å². The van der Waals surface area contributed by atoms with Crippen LogP contribution < -0.4 is 5.73 Å². The van der Waals surface area contributed by atoms with Gasteiger partial charge in [-0.2, -0.15) is 5.10 Å². The molecule has 0 aliphatic carbocycles. The van der Waals surface area contributed by atoms with Gasteiger partial charge >= 0.3 is 0 Å². The lowest BCUT2D eigenvalue weighted by molar-refractivity contribution is 0.0819. The molecule has 126 valence electrons. The highest BCUT2D eigenvalue weighted by molar-refractivity contribution is 6.76. The fourth-order valence-electron chi connectivity index (χ4n) is 2.74. The van der Waals surface area contributed by atoms with E-state index in [0.29, 0.717) is 12.5 Å². The second-order valence-electron chi connectivity index (χ2n) is 7.30. The Hall–Kier alpha value is -2.11. The van der Waals surface area contributed by atoms with E-state index in [0.717, 1.165) is 34.7 Å². The third-order valence-corrected chi connectivity index (χ3v) is 5.80. The van der Waals surface area contributed by atoms with Gasteiger partial charge in [-0.15, -0.1) is 0 Å². The highest BCUT2D eigenvalue weighted by atomic mass is 28.3. The zero-order chi connectivity index (χ0) is 17.2. The predicted molar refractivity (Wildman–Crippen MR) is 104 cm³/mol. The zero-order valence-electron chi connectivity index (χ0n) is 14.6. The Morgan fingerprint density at radius 1 is 1.04 bits per heavy atom. The van der Waals surface area contributed by atoms with E-state index < -0.39 is 8.07 Å². The van der Waals surface area contributed by atoms with Crippen molar-refractivity contribution in [3.8, 4) is 11.1 Å². The first-order valence-electron chi connectivity index (χ1n) is 8.34. The number of ether oxygens (including phenoxy) is 1. The lowest BCUT2D eigenvalue weighted by atomic mass is 10.0. The van der Waals surface area contributed by atoms with Crippen LogP contribution in [-0.2, 0) is 11.5 Å². The Morgan fingerprint density at radius 2 is 1.79 bits per heavy atom. The molecule has 1 heterocycles. The molecule has 0 unspecified atom stereocenters. The van der Waals surface area contributed by atoms with Crippen molar-refractivity contribution < 1.29 is 4.74 Å². The van der Waals surface area contributed by atoms with Crippen molar-refractivity contribution in [3.63, 3.8) is 0 Å². The van der Waals surface area contributed by atoms with E-state index in [-0.39, 0.29) is 0 Å². The average molecular weight is 340 g/mol. The van der Waals surface area contributed by atoms with E-state index in [1.54, 1.807) is 0 Å². The Bertz CT molecular complexity index is 822. The maximum atomic E-state index is 6.21. The Kier molecular flexibility index (Phi) is 4.73. The van der Waals surface area contributed by atoms with Gasteiger partial charge < -0.3 is 10.5 Å². The maximum absolute atomic E-state index is 6.21. The molecule has 0 atom stereocenters. The molecule has 0 radical (unpaired) electrons. The van der Waals surface area contributed by atoms with Crippen LogP contribution in [0.5, 0.6) is 0 Å². The molecule has 24 heavy (non-hydrogen) atoms. The van der Waals surface area contributed by atoms with Gasteiger partial charge in [-0.05, 0) is 23.2 Å². The summed E-state index contributed by atoms with van der Waals surface area (Å²) < 4.78 is 7.70. The number of nitrogens with two attached hydrogens (primary N) is 1. The Balaban J connectivity index is 1.87. The molecule has 0 fully saturated rings. The summed E-state index contributed by atoms with van der Waals surface area (Å²) in [6.07, 6.45) is 0. The first kappa shape index (κ1) is 16.7. The van der Waals surface area contributed by atoms with Crippen LogP contribution in [0.1, 0.15) is 0 Å². The summed E-state index contributed by atoms with van der Waals surface area (Å²) in [5, 5.41) is 5.49. The van der Waals surface area contributed by atoms with E-state index >= 15 is 0 Å². The van der Waals surface area contributed by atoms with Crippen LogP contribution in [0.2, 0.25) is 25.7 Å². The van der Waals surface area contributed by atoms with Crippen LogP contribution >= 0.6 is 0 Å². The summed E-state index contributed by atoms with van der Waals surface area (Å²) in [7, 11) is -1.08. The standard InChI is InChI=1S/C19H25N3OSi/c1-24(2,3)13-12-23-14-22-17-11-7-10-16(18(17)19(20)21-22)15-8-5-4-6-9-15/h4-11H,12-14H2,1-3H3,(H2,20,21). The quantitative estimate of drug-likeness (QED) is 0.527. The molecule has 0 saturated carbocycles. The van der Waals surface area contributed by atoms with Gasteiger partial charge in [0.2, 0.25) is 0 Å². The number of benzene rings is 2. The Morgan fingerprint density at radius 3 is 2.50 bits per heavy atom. The summed E-state index contributed by atoms with van der Waals surface area (Å²) >= 11 is 0. The second kappa shape index (κ2) is 6.79. The largest absolute Gasteiger partial charge is 0.382 e. The Labute approximate surface area is 144 Å². The van der Waals surface area contributed by atoms with Crippen LogP contribution in [0.25, 0.3) is 22.0 Å². The normalized spacial score (nSPS) is 12.0. The fourth-order valence-corrected chi connectivity index (χ4v) is 3.50. The van der Waals surface area contributed by atoms with E-state index in [4.69, 9.17) is 10.5 Å². The molecular weight excluding hydrogens is 314 g/mol. The number of anilines is 1. The van der Waals surface area contributed by atoms with Gasteiger partial charge in [0.1, 0.15) is 6.73 Å². The van der Waals surface area contributed by atoms with Crippen molar-refractivity contribution in [2.75, 3.05) is 12.3 Å². The predicted octanol–water partition coefficient (Wildman–Crippen LogP) is 4.60.